The number of hydrogen-bond acceptors (Lipinski definition) is 3. The van der Waals surface area contributed by atoms with Gasteiger partial charge in [-0.1, -0.05) is 55.5 Å². The van der Waals surface area contributed by atoms with Gasteiger partial charge in [0.25, 0.3) is 0 Å². The molecule has 1 aliphatic heterocycles. The predicted molar refractivity (Wildman–Crippen MR) is 90.7 cm³/mol. The van der Waals surface area contributed by atoms with Crippen LogP contribution in [0, 0.1) is 5.92 Å². The van der Waals surface area contributed by atoms with E-state index in [1.165, 1.54) is 10.8 Å². The summed E-state index contributed by atoms with van der Waals surface area (Å²) >= 11 is 0. The summed E-state index contributed by atoms with van der Waals surface area (Å²) in [4.78, 5) is 0. The van der Waals surface area contributed by atoms with Crippen LogP contribution in [-0.2, 0) is 9.47 Å². The van der Waals surface area contributed by atoms with Crippen molar-refractivity contribution in [3.63, 3.8) is 0 Å². The van der Waals surface area contributed by atoms with E-state index in [0.29, 0.717) is 12.5 Å². The molecule has 2 N–H and O–H groups in total. The summed E-state index contributed by atoms with van der Waals surface area (Å²) in [7, 11) is 1.72. The minimum absolute atomic E-state index is 0.0417. The van der Waals surface area contributed by atoms with Crippen LogP contribution in [0.15, 0.2) is 48.5 Å². The van der Waals surface area contributed by atoms with Crippen molar-refractivity contribution >= 4 is 16.8 Å². The topological polar surface area (TPSA) is 44.5 Å². The molecule has 0 bridgehead atoms. The summed E-state index contributed by atoms with van der Waals surface area (Å²) in [5, 5.41) is 2.49. The van der Waals surface area contributed by atoms with Gasteiger partial charge in [-0.05, 0) is 22.4 Å². The van der Waals surface area contributed by atoms with Crippen LogP contribution in [0.2, 0.25) is 0 Å². The second kappa shape index (κ2) is 6.61. The van der Waals surface area contributed by atoms with Crippen molar-refractivity contribution in [1.82, 2.24) is 0 Å². The Morgan fingerprint density at radius 3 is 2.73 bits per heavy atom. The Kier molecular flexibility index (Phi) is 4.57. The van der Waals surface area contributed by atoms with Crippen molar-refractivity contribution in [1.29, 1.82) is 0 Å². The molecule has 2 aromatic rings. The maximum atomic E-state index is 6.28. The SMILES string of the molecule is CO[C@@H]1[C@@H](N)[C@H](C=Cc2ccc3ccccc3c2)OC[C@@H]1C. The molecule has 4 atom stereocenters. The molecule has 0 aromatic heterocycles. The van der Waals surface area contributed by atoms with Gasteiger partial charge in [0, 0.05) is 13.0 Å². The Labute approximate surface area is 131 Å². The highest BCUT2D eigenvalue weighted by molar-refractivity contribution is 5.84. The average Bonchev–Trinajstić information content (AvgIpc) is 2.54. The zero-order valence-corrected chi connectivity index (χ0v) is 13.1. The largest absolute Gasteiger partial charge is 0.379 e. The molecule has 1 aliphatic rings. The van der Waals surface area contributed by atoms with E-state index < -0.39 is 0 Å². The Morgan fingerprint density at radius 2 is 1.95 bits per heavy atom. The molecule has 0 amide bonds. The van der Waals surface area contributed by atoms with E-state index in [1.54, 1.807) is 7.11 Å². The molecule has 3 heteroatoms. The number of ether oxygens (including phenoxy) is 2. The average molecular weight is 297 g/mol. The third-order valence-corrected chi connectivity index (χ3v) is 4.40. The van der Waals surface area contributed by atoms with E-state index in [1.807, 2.05) is 6.08 Å². The van der Waals surface area contributed by atoms with Gasteiger partial charge in [-0.15, -0.1) is 0 Å². The van der Waals surface area contributed by atoms with Gasteiger partial charge in [-0.2, -0.15) is 0 Å². The molecule has 1 heterocycles. The fraction of sp³-hybridized carbons (Fsp3) is 0.368. The number of benzene rings is 2. The maximum Gasteiger partial charge on any atom is 0.0935 e. The van der Waals surface area contributed by atoms with Gasteiger partial charge in [-0.25, -0.2) is 0 Å². The molecule has 0 saturated carbocycles. The minimum Gasteiger partial charge on any atom is -0.379 e. The molecular weight excluding hydrogens is 274 g/mol. The van der Waals surface area contributed by atoms with E-state index in [0.717, 1.165) is 5.56 Å². The van der Waals surface area contributed by atoms with Crippen LogP contribution < -0.4 is 5.73 Å². The molecule has 0 unspecified atom stereocenters. The number of rotatable bonds is 3. The number of hydrogen-bond donors (Lipinski definition) is 1. The van der Waals surface area contributed by atoms with E-state index in [-0.39, 0.29) is 18.2 Å². The van der Waals surface area contributed by atoms with Gasteiger partial charge in [0.15, 0.2) is 0 Å². The first-order chi connectivity index (χ1) is 10.7. The van der Waals surface area contributed by atoms with Crippen LogP contribution in [-0.4, -0.2) is 32.0 Å². The van der Waals surface area contributed by atoms with E-state index >= 15 is 0 Å². The van der Waals surface area contributed by atoms with E-state index in [2.05, 4.69) is 55.5 Å². The third kappa shape index (κ3) is 3.07. The third-order valence-electron chi connectivity index (χ3n) is 4.40. The van der Waals surface area contributed by atoms with Crippen molar-refractivity contribution in [2.45, 2.75) is 25.2 Å². The van der Waals surface area contributed by atoms with Gasteiger partial charge < -0.3 is 15.2 Å². The first-order valence-corrected chi connectivity index (χ1v) is 7.76. The molecule has 1 saturated heterocycles. The molecular formula is C19H23NO2. The second-order valence-corrected chi connectivity index (χ2v) is 6.02. The first-order valence-electron chi connectivity index (χ1n) is 7.76. The Bertz CT molecular complexity index is 667. The summed E-state index contributed by atoms with van der Waals surface area (Å²) in [6.07, 6.45) is 4.07. The Morgan fingerprint density at radius 1 is 1.18 bits per heavy atom. The monoisotopic (exact) mass is 297 g/mol. The van der Waals surface area contributed by atoms with Crippen LogP contribution in [0.5, 0.6) is 0 Å². The zero-order chi connectivity index (χ0) is 15.5. The fourth-order valence-electron chi connectivity index (χ4n) is 3.13. The normalized spacial score (nSPS) is 29.2. The molecule has 116 valence electrons. The van der Waals surface area contributed by atoms with E-state index in [4.69, 9.17) is 15.2 Å². The lowest BCUT2D eigenvalue weighted by atomic mass is 9.91. The summed E-state index contributed by atoms with van der Waals surface area (Å²) in [6.45, 7) is 2.79. The van der Waals surface area contributed by atoms with Crippen molar-refractivity contribution in [3.8, 4) is 0 Å². The highest BCUT2D eigenvalue weighted by atomic mass is 16.5. The molecule has 1 fully saturated rings. The highest BCUT2D eigenvalue weighted by Crippen LogP contribution is 2.23. The smallest absolute Gasteiger partial charge is 0.0935 e. The van der Waals surface area contributed by atoms with Gasteiger partial charge in [0.05, 0.1) is 24.9 Å². The Hall–Kier alpha value is -1.68. The minimum atomic E-state index is -0.134. The summed E-state index contributed by atoms with van der Waals surface area (Å²) in [5.41, 5.74) is 7.43. The van der Waals surface area contributed by atoms with E-state index in [9.17, 15) is 0 Å². The second-order valence-electron chi connectivity index (χ2n) is 6.02. The standard InChI is InChI=1S/C19H23NO2/c1-13-12-22-17(18(20)19(13)21-2)10-8-14-7-9-15-5-3-4-6-16(15)11-14/h3-11,13,17-19H,12,20H2,1-2H3/t13-,17-,18-,19-/m0/s1. The van der Waals surface area contributed by atoms with Crippen LogP contribution in [0.3, 0.4) is 0 Å². The van der Waals surface area contributed by atoms with Crippen LogP contribution >= 0.6 is 0 Å². The first kappa shape index (κ1) is 15.2. The lowest BCUT2D eigenvalue weighted by Gasteiger charge is -2.37. The van der Waals surface area contributed by atoms with Crippen molar-refractivity contribution < 1.29 is 9.47 Å². The molecule has 22 heavy (non-hydrogen) atoms. The number of nitrogens with two attached hydrogens (primary N) is 1. The molecule has 2 aromatic carbocycles. The lowest BCUT2D eigenvalue weighted by molar-refractivity contribution is -0.0896. The fourth-order valence-corrected chi connectivity index (χ4v) is 3.13. The van der Waals surface area contributed by atoms with Crippen molar-refractivity contribution in [2.24, 2.45) is 11.7 Å². The van der Waals surface area contributed by atoms with Crippen LogP contribution in [0.1, 0.15) is 12.5 Å². The lowest BCUT2D eigenvalue weighted by Crippen LogP contribution is -2.54. The van der Waals surface area contributed by atoms with Crippen LogP contribution in [0.25, 0.3) is 16.8 Å². The molecule has 3 rings (SSSR count). The van der Waals surface area contributed by atoms with Gasteiger partial charge in [0.1, 0.15) is 0 Å². The van der Waals surface area contributed by atoms with Crippen LogP contribution in [0.4, 0.5) is 0 Å². The Balaban J connectivity index is 1.77. The molecule has 0 aliphatic carbocycles. The summed E-state index contributed by atoms with van der Waals surface area (Å²) in [6, 6.07) is 14.6. The number of methoxy groups -OCH3 is 1. The summed E-state index contributed by atoms with van der Waals surface area (Å²) in [5.74, 6) is 0.324. The molecule has 0 spiro atoms. The maximum absolute atomic E-state index is 6.28. The zero-order valence-electron chi connectivity index (χ0n) is 13.1. The summed E-state index contributed by atoms with van der Waals surface area (Å²) < 4.78 is 11.4. The van der Waals surface area contributed by atoms with Gasteiger partial charge >= 0.3 is 0 Å². The molecule has 0 radical (unpaired) electrons. The molecule has 3 nitrogen and oxygen atoms in total. The van der Waals surface area contributed by atoms with Gasteiger partial charge in [0.2, 0.25) is 0 Å². The van der Waals surface area contributed by atoms with Crippen molar-refractivity contribution in [2.75, 3.05) is 13.7 Å². The number of fused-ring (bicyclic) bond motifs is 1. The highest BCUT2D eigenvalue weighted by Gasteiger charge is 2.34. The quantitative estimate of drug-likeness (QED) is 0.946. The van der Waals surface area contributed by atoms with Gasteiger partial charge in [-0.3, -0.25) is 0 Å². The predicted octanol–water partition coefficient (Wildman–Crippen LogP) is 3.23. The van der Waals surface area contributed by atoms with Crippen molar-refractivity contribution in [3.05, 3.63) is 54.1 Å².